The van der Waals surface area contributed by atoms with Crippen LogP contribution >= 0.6 is 0 Å². The van der Waals surface area contributed by atoms with E-state index in [1.807, 2.05) is 0 Å². The molecule has 2 atom stereocenters. The van der Waals surface area contributed by atoms with Gasteiger partial charge in [-0.25, -0.2) is 0 Å². The van der Waals surface area contributed by atoms with Gasteiger partial charge in [-0.15, -0.1) is 0 Å². The molecule has 0 bridgehead atoms. The van der Waals surface area contributed by atoms with E-state index in [1.165, 1.54) is 38.8 Å². The molecule has 3 heteroatoms. The minimum absolute atomic E-state index is 0.0768. The predicted octanol–water partition coefficient (Wildman–Crippen LogP) is 2.39. The lowest BCUT2D eigenvalue weighted by atomic mass is 9.95. The molecule has 0 aromatic rings. The highest BCUT2D eigenvalue weighted by Crippen LogP contribution is 2.18. The van der Waals surface area contributed by atoms with Crippen molar-refractivity contribution in [3.63, 3.8) is 0 Å². The first kappa shape index (κ1) is 15.9. The van der Waals surface area contributed by atoms with E-state index in [1.54, 1.807) is 0 Å². The van der Waals surface area contributed by atoms with Crippen molar-refractivity contribution in [3.8, 4) is 0 Å². The van der Waals surface area contributed by atoms with Gasteiger partial charge in [0.15, 0.2) is 0 Å². The molecule has 0 radical (unpaired) electrons. The highest BCUT2D eigenvalue weighted by Gasteiger charge is 2.22. The third-order valence-electron chi connectivity index (χ3n) is 4.27. The number of unbranched alkanes of at least 4 members (excludes halogenated alkanes) is 1. The van der Waals surface area contributed by atoms with Crippen molar-refractivity contribution in [1.29, 1.82) is 0 Å². The molecule has 1 heterocycles. The van der Waals surface area contributed by atoms with Gasteiger partial charge in [0.25, 0.3) is 0 Å². The summed E-state index contributed by atoms with van der Waals surface area (Å²) < 4.78 is 0. The quantitative estimate of drug-likeness (QED) is 0.622. The van der Waals surface area contributed by atoms with Crippen LogP contribution < -0.4 is 5.32 Å². The number of nitrogens with one attached hydrogen (secondary N) is 1. The number of hydrogen-bond donors (Lipinski definition) is 2. The summed E-state index contributed by atoms with van der Waals surface area (Å²) in [6, 6.07) is 0.785. The largest absolute Gasteiger partial charge is 0.394 e. The summed E-state index contributed by atoms with van der Waals surface area (Å²) in [5, 5.41) is 13.0. The van der Waals surface area contributed by atoms with E-state index >= 15 is 0 Å². The van der Waals surface area contributed by atoms with Crippen molar-refractivity contribution < 1.29 is 5.11 Å². The summed E-state index contributed by atoms with van der Waals surface area (Å²) in [5.74, 6) is 0. The Labute approximate surface area is 113 Å². The van der Waals surface area contributed by atoms with Gasteiger partial charge < -0.3 is 15.3 Å². The SMILES string of the molecule is CCCNC(C)(CO)CCCCN1CCCC1C. The van der Waals surface area contributed by atoms with Gasteiger partial charge in [0.05, 0.1) is 6.61 Å². The van der Waals surface area contributed by atoms with E-state index in [4.69, 9.17) is 0 Å². The zero-order valence-corrected chi connectivity index (χ0v) is 12.5. The summed E-state index contributed by atoms with van der Waals surface area (Å²) in [6.07, 6.45) is 7.40. The summed E-state index contributed by atoms with van der Waals surface area (Å²) in [6.45, 7) is 10.4. The molecule has 1 fully saturated rings. The minimum atomic E-state index is -0.0768. The van der Waals surface area contributed by atoms with Crippen LogP contribution in [0.1, 0.15) is 59.3 Å². The van der Waals surface area contributed by atoms with E-state index in [0.29, 0.717) is 0 Å². The first-order valence-electron chi connectivity index (χ1n) is 7.71. The van der Waals surface area contributed by atoms with E-state index < -0.39 is 0 Å². The fraction of sp³-hybridized carbons (Fsp3) is 1.00. The molecule has 1 rings (SSSR count). The molecule has 0 aromatic heterocycles. The van der Waals surface area contributed by atoms with Crippen LogP contribution in [0.2, 0.25) is 0 Å². The predicted molar refractivity (Wildman–Crippen MR) is 77.9 cm³/mol. The van der Waals surface area contributed by atoms with Crippen LogP contribution in [-0.4, -0.2) is 47.8 Å². The molecule has 1 aliphatic rings. The van der Waals surface area contributed by atoms with Gasteiger partial charge in [-0.1, -0.05) is 13.3 Å². The standard InChI is InChI=1S/C15H32N2O/c1-4-10-16-15(3,13-18)9-5-6-11-17-12-7-8-14(17)2/h14,16,18H,4-13H2,1-3H3. The average molecular weight is 256 g/mol. The molecule has 0 aromatic carbocycles. The maximum absolute atomic E-state index is 9.49. The third-order valence-corrected chi connectivity index (χ3v) is 4.27. The zero-order chi connectivity index (χ0) is 13.4. The first-order valence-corrected chi connectivity index (χ1v) is 7.71. The maximum atomic E-state index is 9.49. The highest BCUT2D eigenvalue weighted by molar-refractivity contribution is 4.82. The fourth-order valence-corrected chi connectivity index (χ4v) is 2.81. The Bertz CT molecular complexity index is 223. The van der Waals surface area contributed by atoms with Crippen molar-refractivity contribution in [2.75, 3.05) is 26.2 Å². The van der Waals surface area contributed by atoms with Gasteiger partial charge >= 0.3 is 0 Å². The highest BCUT2D eigenvalue weighted by atomic mass is 16.3. The van der Waals surface area contributed by atoms with Gasteiger partial charge in [-0.2, -0.15) is 0 Å². The Morgan fingerprint density at radius 3 is 2.72 bits per heavy atom. The van der Waals surface area contributed by atoms with Crippen LogP contribution in [0.3, 0.4) is 0 Å². The second-order valence-electron chi connectivity index (χ2n) is 6.13. The number of aliphatic hydroxyl groups is 1. The lowest BCUT2D eigenvalue weighted by Gasteiger charge is -2.29. The van der Waals surface area contributed by atoms with E-state index in [9.17, 15) is 5.11 Å². The van der Waals surface area contributed by atoms with Crippen LogP contribution in [0.25, 0.3) is 0 Å². The molecule has 0 amide bonds. The Kier molecular flexibility index (Phi) is 7.20. The normalized spacial score (nSPS) is 24.3. The molecule has 0 aliphatic carbocycles. The van der Waals surface area contributed by atoms with Crippen molar-refractivity contribution in [2.45, 2.75) is 70.9 Å². The topological polar surface area (TPSA) is 35.5 Å². The van der Waals surface area contributed by atoms with Gasteiger partial charge in [0.1, 0.15) is 0 Å². The van der Waals surface area contributed by atoms with Crippen LogP contribution in [0.5, 0.6) is 0 Å². The average Bonchev–Trinajstić information content (AvgIpc) is 2.78. The summed E-state index contributed by atoms with van der Waals surface area (Å²) in [5.41, 5.74) is -0.0768. The molecule has 18 heavy (non-hydrogen) atoms. The maximum Gasteiger partial charge on any atom is 0.0610 e. The summed E-state index contributed by atoms with van der Waals surface area (Å²) in [7, 11) is 0. The Morgan fingerprint density at radius 2 is 2.17 bits per heavy atom. The number of nitrogens with zero attached hydrogens (tertiary/aromatic N) is 1. The monoisotopic (exact) mass is 256 g/mol. The molecule has 2 N–H and O–H groups in total. The van der Waals surface area contributed by atoms with Gasteiger partial charge in [-0.05, 0) is 65.6 Å². The number of hydrogen-bond acceptors (Lipinski definition) is 3. The Balaban J connectivity index is 2.14. The van der Waals surface area contributed by atoms with Gasteiger partial charge in [0.2, 0.25) is 0 Å². The van der Waals surface area contributed by atoms with Gasteiger partial charge in [0, 0.05) is 11.6 Å². The Hall–Kier alpha value is -0.120. The second kappa shape index (κ2) is 8.13. The van der Waals surface area contributed by atoms with E-state index in [-0.39, 0.29) is 12.1 Å². The molecular weight excluding hydrogens is 224 g/mol. The number of aliphatic hydroxyl groups excluding tert-OH is 1. The van der Waals surface area contributed by atoms with Crippen molar-refractivity contribution >= 4 is 0 Å². The van der Waals surface area contributed by atoms with Crippen molar-refractivity contribution in [1.82, 2.24) is 10.2 Å². The molecule has 3 nitrogen and oxygen atoms in total. The van der Waals surface area contributed by atoms with Crippen LogP contribution in [0, 0.1) is 0 Å². The zero-order valence-electron chi connectivity index (χ0n) is 12.5. The van der Waals surface area contributed by atoms with Crippen LogP contribution in [0.15, 0.2) is 0 Å². The van der Waals surface area contributed by atoms with Crippen LogP contribution in [0.4, 0.5) is 0 Å². The van der Waals surface area contributed by atoms with Crippen LogP contribution in [-0.2, 0) is 0 Å². The Morgan fingerprint density at radius 1 is 1.39 bits per heavy atom. The molecule has 1 aliphatic heterocycles. The molecule has 108 valence electrons. The molecule has 2 unspecified atom stereocenters. The molecule has 0 spiro atoms. The lowest BCUT2D eigenvalue weighted by molar-refractivity contribution is 0.160. The number of likely N-dealkylation sites (tertiary alicyclic amines) is 1. The number of rotatable bonds is 9. The van der Waals surface area contributed by atoms with Gasteiger partial charge in [-0.3, -0.25) is 0 Å². The van der Waals surface area contributed by atoms with E-state index in [2.05, 4.69) is 31.0 Å². The lowest BCUT2D eigenvalue weighted by Crippen LogP contribution is -2.46. The van der Waals surface area contributed by atoms with Crippen molar-refractivity contribution in [3.05, 3.63) is 0 Å². The fourth-order valence-electron chi connectivity index (χ4n) is 2.81. The molecule has 1 saturated heterocycles. The second-order valence-corrected chi connectivity index (χ2v) is 6.13. The first-order chi connectivity index (χ1) is 8.61. The summed E-state index contributed by atoms with van der Waals surface area (Å²) >= 11 is 0. The van der Waals surface area contributed by atoms with Crippen molar-refractivity contribution in [2.24, 2.45) is 0 Å². The minimum Gasteiger partial charge on any atom is -0.394 e. The van der Waals surface area contributed by atoms with E-state index in [0.717, 1.165) is 25.4 Å². The third kappa shape index (κ3) is 5.25. The molecule has 0 saturated carbocycles. The summed E-state index contributed by atoms with van der Waals surface area (Å²) in [4.78, 5) is 2.61. The smallest absolute Gasteiger partial charge is 0.0610 e. The molecular formula is C15H32N2O.